The summed E-state index contributed by atoms with van der Waals surface area (Å²) < 4.78 is 16.7. The van der Waals surface area contributed by atoms with Gasteiger partial charge in [-0.05, 0) is 37.6 Å². The van der Waals surface area contributed by atoms with Crippen molar-refractivity contribution in [1.29, 1.82) is 0 Å². The van der Waals surface area contributed by atoms with E-state index in [2.05, 4.69) is 5.32 Å². The summed E-state index contributed by atoms with van der Waals surface area (Å²) in [6.45, 7) is 2.80. The molecule has 7 heteroatoms. The molecular weight excluding hydrogens is 360 g/mol. The highest BCUT2D eigenvalue weighted by atomic mass is 16.5. The van der Waals surface area contributed by atoms with Crippen molar-refractivity contribution in [3.8, 4) is 11.5 Å². The average molecular weight is 382 g/mol. The number of rotatable bonds is 9. The van der Waals surface area contributed by atoms with Crippen molar-refractivity contribution in [2.24, 2.45) is 5.73 Å². The Labute approximate surface area is 162 Å². The fourth-order valence-corrected chi connectivity index (χ4v) is 2.80. The topological polar surface area (TPSA) is 104 Å². The minimum atomic E-state index is -0.734. The van der Waals surface area contributed by atoms with Gasteiger partial charge in [-0.2, -0.15) is 0 Å². The summed E-state index contributed by atoms with van der Waals surface area (Å²) in [5.74, 6) is 0.265. The number of nitrogens with two attached hydrogens (primary N) is 1. The maximum Gasteiger partial charge on any atom is 0.286 e. The number of ether oxygens (including phenoxy) is 2. The van der Waals surface area contributed by atoms with Crippen molar-refractivity contribution in [3.05, 3.63) is 54.3 Å². The van der Waals surface area contributed by atoms with Gasteiger partial charge in [0.05, 0.1) is 13.2 Å². The van der Waals surface area contributed by atoms with Crippen molar-refractivity contribution in [2.45, 2.75) is 19.8 Å². The Kier molecular flexibility index (Phi) is 6.16. The standard InChI is InChI=1S/C21H22N2O5/c1-2-26-16-10-5-6-11-17(16)27-13-7-12-18(24)23-19-14-8-3-4-9-15(14)28-20(19)21(22)25/h3-6,8-11H,2,7,12-13H2,1H3,(H2,22,25)(H,23,24). The lowest BCUT2D eigenvalue weighted by atomic mass is 10.2. The molecule has 0 saturated heterocycles. The van der Waals surface area contributed by atoms with Crippen LogP contribution in [-0.2, 0) is 4.79 Å². The first kappa shape index (κ1) is 19.3. The smallest absolute Gasteiger partial charge is 0.286 e. The molecule has 0 unspecified atom stereocenters. The van der Waals surface area contributed by atoms with E-state index in [9.17, 15) is 9.59 Å². The minimum absolute atomic E-state index is 0.0589. The van der Waals surface area contributed by atoms with E-state index in [1.54, 1.807) is 24.3 Å². The molecule has 1 aromatic heterocycles. The predicted molar refractivity (Wildman–Crippen MR) is 106 cm³/mol. The van der Waals surface area contributed by atoms with Gasteiger partial charge in [-0.1, -0.05) is 24.3 Å². The SMILES string of the molecule is CCOc1ccccc1OCCCC(=O)Nc1c(C(N)=O)oc2ccccc12. The van der Waals surface area contributed by atoms with Crippen molar-refractivity contribution in [3.63, 3.8) is 0 Å². The largest absolute Gasteiger partial charge is 0.490 e. The Bertz CT molecular complexity index is 980. The lowest BCUT2D eigenvalue weighted by Crippen LogP contribution is -2.17. The minimum Gasteiger partial charge on any atom is -0.490 e. The number of hydrogen-bond acceptors (Lipinski definition) is 5. The van der Waals surface area contributed by atoms with Crippen LogP contribution in [-0.4, -0.2) is 25.0 Å². The number of anilines is 1. The number of para-hydroxylation sites is 3. The predicted octanol–water partition coefficient (Wildman–Crippen LogP) is 3.73. The van der Waals surface area contributed by atoms with E-state index in [4.69, 9.17) is 19.6 Å². The van der Waals surface area contributed by atoms with E-state index in [1.165, 1.54) is 0 Å². The van der Waals surface area contributed by atoms with Gasteiger partial charge >= 0.3 is 0 Å². The summed E-state index contributed by atoms with van der Waals surface area (Å²) in [7, 11) is 0. The van der Waals surface area contributed by atoms with E-state index in [1.807, 2.05) is 31.2 Å². The Morgan fingerprint density at radius 3 is 2.43 bits per heavy atom. The highest BCUT2D eigenvalue weighted by Gasteiger charge is 2.20. The molecule has 0 aliphatic carbocycles. The average Bonchev–Trinajstić information content (AvgIpc) is 3.05. The number of carbonyl (C=O) groups is 2. The van der Waals surface area contributed by atoms with Gasteiger partial charge in [-0.25, -0.2) is 0 Å². The van der Waals surface area contributed by atoms with Crippen LogP contribution in [0.25, 0.3) is 11.0 Å². The summed E-state index contributed by atoms with van der Waals surface area (Å²) in [5.41, 5.74) is 6.15. The number of primary amides is 1. The number of benzene rings is 2. The first-order valence-corrected chi connectivity index (χ1v) is 9.06. The number of carbonyl (C=O) groups excluding carboxylic acids is 2. The van der Waals surface area contributed by atoms with Gasteiger partial charge in [0.15, 0.2) is 11.5 Å². The molecule has 0 saturated carbocycles. The molecule has 0 aliphatic heterocycles. The van der Waals surface area contributed by atoms with Crippen LogP contribution in [0.1, 0.15) is 30.3 Å². The first-order valence-electron chi connectivity index (χ1n) is 9.06. The zero-order valence-electron chi connectivity index (χ0n) is 15.6. The molecule has 0 radical (unpaired) electrons. The summed E-state index contributed by atoms with van der Waals surface area (Å²) in [6, 6.07) is 14.4. The second-order valence-electron chi connectivity index (χ2n) is 6.05. The molecule has 0 fully saturated rings. The first-order chi connectivity index (χ1) is 13.6. The highest BCUT2D eigenvalue weighted by Crippen LogP contribution is 2.31. The molecule has 1 heterocycles. The molecule has 2 aromatic carbocycles. The summed E-state index contributed by atoms with van der Waals surface area (Å²) >= 11 is 0. The van der Waals surface area contributed by atoms with Crippen molar-refractivity contribution in [2.75, 3.05) is 18.5 Å². The van der Waals surface area contributed by atoms with E-state index in [0.29, 0.717) is 47.8 Å². The van der Waals surface area contributed by atoms with Crippen LogP contribution in [0.4, 0.5) is 5.69 Å². The molecule has 0 spiro atoms. The molecule has 3 N–H and O–H groups in total. The lowest BCUT2D eigenvalue weighted by molar-refractivity contribution is -0.116. The Balaban J connectivity index is 1.58. The summed E-state index contributed by atoms with van der Waals surface area (Å²) in [5, 5.41) is 3.36. The Hall–Kier alpha value is -3.48. The monoisotopic (exact) mass is 382 g/mol. The van der Waals surface area contributed by atoms with Crippen LogP contribution in [0.15, 0.2) is 52.9 Å². The van der Waals surface area contributed by atoms with Crippen LogP contribution in [0, 0.1) is 0 Å². The quantitative estimate of drug-likeness (QED) is 0.549. The fourth-order valence-electron chi connectivity index (χ4n) is 2.80. The van der Waals surface area contributed by atoms with Crippen molar-refractivity contribution < 1.29 is 23.5 Å². The van der Waals surface area contributed by atoms with Gasteiger partial charge in [0.25, 0.3) is 5.91 Å². The van der Waals surface area contributed by atoms with E-state index < -0.39 is 5.91 Å². The maximum absolute atomic E-state index is 12.3. The second kappa shape index (κ2) is 8.94. The van der Waals surface area contributed by atoms with Crippen LogP contribution >= 0.6 is 0 Å². The Morgan fingerprint density at radius 2 is 1.71 bits per heavy atom. The normalized spacial score (nSPS) is 10.6. The van der Waals surface area contributed by atoms with Crippen LogP contribution in [0.3, 0.4) is 0 Å². The number of fused-ring (bicyclic) bond motifs is 1. The molecule has 3 rings (SSSR count). The summed E-state index contributed by atoms with van der Waals surface area (Å²) in [6.07, 6.45) is 0.711. The van der Waals surface area contributed by atoms with E-state index in [-0.39, 0.29) is 18.1 Å². The van der Waals surface area contributed by atoms with Crippen LogP contribution in [0.2, 0.25) is 0 Å². The molecule has 146 valence electrons. The van der Waals surface area contributed by atoms with Gasteiger partial charge in [0.2, 0.25) is 11.7 Å². The molecule has 3 aromatic rings. The molecule has 0 aliphatic rings. The fraction of sp³-hybridized carbons (Fsp3) is 0.238. The van der Waals surface area contributed by atoms with Gasteiger partial charge < -0.3 is 24.9 Å². The van der Waals surface area contributed by atoms with Crippen molar-refractivity contribution >= 4 is 28.5 Å². The Morgan fingerprint density at radius 1 is 1.04 bits per heavy atom. The molecule has 28 heavy (non-hydrogen) atoms. The van der Waals surface area contributed by atoms with Crippen LogP contribution in [0.5, 0.6) is 11.5 Å². The molecule has 0 bridgehead atoms. The second-order valence-corrected chi connectivity index (χ2v) is 6.05. The number of furan rings is 1. The molecular formula is C21H22N2O5. The van der Waals surface area contributed by atoms with Crippen molar-refractivity contribution in [1.82, 2.24) is 0 Å². The molecule has 0 atom stereocenters. The van der Waals surface area contributed by atoms with Gasteiger partial charge in [0.1, 0.15) is 11.3 Å². The molecule has 7 nitrogen and oxygen atoms in total. The number of hydrogen-bond donors (Lipinski definition) is 2. The van der Waals surface area contributed by atoms with E-state index in [0.717, 1.165) is 0 Å². The maximum atomic E-state index is 12.3. The zero-order valence-corrected chi connectivity index (χ0v) is 15.6. The lowest BCUT2D eigenvalue weighted by Gasteiger charge is -2.11. The molecule has 2 amide bonds. The van der Waals surface area contributed by atoms with E-state index >= 15 is 0 Å². The van der Waals surface area contributed by atoms with Gasteiger partial charge in [-0.15, -0.1) is 0 Å². The third-order valence-electron chi connectivity index (χ3n) is 4.04. The number of nitrogens with one attached hydrogen (secondary N) is 1. The van der Waals surface area contributed by atoms with Gasteiger partial charge in [0, 0.05) is 11.8 Å². The highest BCUT2D eigenvalue weighted by molar-refractivity contribution is 6.10. The zero-order chi connectivity index (χ0) is 19.9. The summed E-state index contributed by atoms with van der Waals surface area (Å²) in [4.78, 5) is 23.9. The third-order valence-corrected chi connectivity index (χ3v) is 4.04. The van der Waals surface area contributed by atoms with Crippen LogP contribution < -0.4 is 20.5 Å². The third kappa shape index (κ3) is 4.43. The van der Waals surface area contributed by atoms with Gasteiger partial charge in [-0.3, -0.25) is 9.59 Å². The number of amides is 2.